The number of methoxy groups -OCH3 is 3. The highest BCUT2D eigenvalue weighted by Gasteiger charge is 2.40. The lowest BCUT2D eigenvalue weighted by atomic mass is 9.71. The minimum absolute atomic E-state index is 0. The van der Waals surface area contributed by atoms with Gasteiger partial charge in [-0.3, -0.25) is 14.4 Å². The van der Waals surface area contributed by atoms with Gasteiger partial charge in [0.25, 0.3) is 0 Å². The van der Waals surface area contributed by atoms with Gasteiger partial charge in [0.1, 0.15) is 22.8 Å². The van der Waals surface area contributed by atoms with E-state index in [2.05, 4.69) is 44.5 Å². The molecule has 2 aromatic rings. The van der Waals surface area contributed by atoms with Crippen molar-refractivity contribution in [3.05, 3.63) is 57.6 Å². The van der Waals surface area contributed by atoms with E-state index in [-0.39, 0.29) is 48.3 Å². The topological polar surface area (TPSA) is 178 Å². The maximum Gasteiger partial charge on any atom is 0.373 e. The fourth-order valence-corrected chi connectivity index (χ4v) is 7.88. The summed E-state index contributed by atoms with van der Waals surface area (Å²) in [4.78, 5) is 51.4. The second kappa shape index (κ2) is 30.4. The van der Waals surface area contributed by atoms with Crippen molar-refractivity contribution in [3.63, 3.8) is 0 Å². The molecule has 62 heavy (non-hydrogen) atoms. The van der Waals surface area contributed by atoms with Crippen LogP contribution in [0.1, 0.15) is 139 Å². The van der Waals surface area contributed by atoms with Crippen molar-refractivity contribution < 1.29 is 65.2 Å². The van der Waals surface area contributed by atoms with Gasteiger partial charge in [-0.15, -0.1) is 11.8 Å². The predicted molar refractivity (Wildman–Crippen MR) is 234 cm³/mol. The van der Waals surface area contributed by atoms with Gasteiger partial charge in [0, 0.05) is 54.7 Å². The highest BCUT2D eigenvalue weighted by molar-refractivity contribution is 5.83. The lowest BCUT2D eigenvalue weighted by Gasteiger charge is -2.37. The predicted octanol–water partition coefficient (Wildman–Crippen LogP) is 4.90. The van der Waals surface area contributed by atoms with Gasteiger partial charge in [0.2, 0.25) is 0 Å². The third-order valence-electron chi connectivity index (χ3n) is 10.6. The Kier molecular flexibility index (Phi) is 28.1. The second-order valence-corrected chi connectivity index (χ2v) is 15.9. The van der Waals surface area contributed by atoms with Crippen molar-refractivity contribution >= 4 is 23.9 Å². The summed E-state index contributed by atoms with van der Waals surface area (Å²) >= 11 is 0. The molecule has 0 heterocycles. The number of esters is 1. The third kappa shape index (κ3) is 20.0. The number of rotatable bonds is 15. The normalized spacial score (nSPS) is 19.7. The number of halogens is 1. The number of carbonyl (C=O) groups is 3. The molecule has 2 aliphatic rings. The molecule has 13 heteroatoms. The average molecular weight is 884 g/mol. The van der Waals surface area contributed by atoms with Crippen LogP contribution >= 0.6 is 0 Å². The van der Waals surface area contributed by atoms with Crippen LogP contribution in [0.4, 0.5) is 0 Å². The van der Waals surface area contributed by atoms with E-state index in [0.717, 1.165) is 98.1 Å². The maximum atomic E-state index is 12.9. The number of carboxylic acids is 1. The minimum Gasteiger partial charge on any atom is -1.00 e. The summed E-state index contributed by atoms with van der Waals surface area (Å²) < 4.78 is 27.1. The summed E-state index contributed by atoms with van der Waals surface area (Å²) in [6, 6.07) is 7.61. The third-order valence-corrected chi connectivity index (χ3v) is 10.6. The van der Waals surface area contributed by atoms with E-state index in [0.29, 0.717) is 43.1 Å². The van der Waals surface area contributed by atoms with E-state index in [4.69, 9.17) is 44.1 Å². The van der Waals surface area contributed by atoms with Gasteiger partial charge in [-0.25, -0.2) is 0 Å². The lowest BCUT2D eigenvalue weighted by Crippen LogP contribution is -3.00. The van der Waals surface area contributed by atoms with E-state index < -0.39 is 11.5 Å². The van der Waals surface area contributed by atoms with Crippen LogP contribution in [0.3, 0.4) is 0 Å². The fourth-order valence-electron chi connectivity index (χ4n) is 7.88. The molecule has 0 radical (unpaired) electrons. The molecular weight excluding hydrogens is 814 g/mol. The summed E-state index contributed by atoms with van der Waals surface area (Å²) in [6.07, 6.45) is 11.3. The summed E-state index contributed by atoms with van der Waals surface area (Å²) in [7, 11) is 4.57. The number of aryl methyl sites for hydroxylation is 2. The van der Waals surface area contributed by atoms with Gasteiger partial charge in [-0.1, -0.05) is 39.0 Å². The molecule has 2 aliphatic carbocycles. The molecule has 0 amide bonds. The molecule has 344 valence electrons. The largest absolute Gasteiger partial charge is 1.00 e. The van der Waals surface area contributed by atoms with Crippen molar-refractivity contribution in [1.29, 1.82) is 0 Å². The van der Waals surface area contributed by atoms with Gasteiger partial charge < -0.3 is 46.9 Å². The van der Waals surface area contributed by atoms with Crippen molar-refractivity contribution in [2.24, 2.45) is 11.1 Å². The molecule has 0 aromatic heterocycles. The number of ketones is 1. The first kappa shape index (κ1) is 57.3. The summed E-state index contributed by atoms with van der Waals surface area (Å²) in [5.74, 6) is 12.2. The SMILES string of the molecule is CC#Cc1cc(C)c(CC(=O)CC2(C)CCCC(OCCC)C2)c(OC)c1.CC#Cc1cc(C)c(CC(=O)O)c(OC)c1.CCCOC1CCCC(N)(C(=O)OC)C1.O=C=O.[Cl-]. The molecule has 0 bridgehead atoms. The Morgan fingerprint density at radius 1 is 0.774 bits per heavy atom. The Bertz CT molecular complexity index is 1890. The van der Waals surface area contributed by atoms with Crippen LogP contribution in [0.15, 0.2) is 24.3 Å². The number of ether oxygens (including phenoxy) is 5. The second-order valence-electron chi connectivity index (χ2n) is 15.9. The Balaban J connectivity index is 0.000000916. The maximum absolute atomic E-state index is 12.9. The number of carbonyl (C=O) groups excluding carboxylic acids is 4. The van der Waals surface area contributed by atoms with Gasteiger partial charge >= 0.3 is 18.1 Å². The van der Waals surface area contributed by atoms with E-state index in [1.807, 2.05) is 39.0 Å². The molecule has 0 aliphatic heterocycles. The number of nitrogens with two attached hydrogens (primary N) is 1. The zero-order valence-electron chi connectivity index (χ0n) is 38.6. The minimum atomic E-state index is -0.865. The molecule has 3 N–H and O–H groups in total. The zero-order chi connectivity index (χ0) is 46.0. The van der Waals surface area contributed by atoms with Crippen molar-refractivity contribution in [2.75, 3.05) is 34.5 Å². The molecular formula is C49H69ClNO11-. The van der Waals surface area contributed by atoms with Gasteiger partial charge in [0.15, 0.2) is 0 Å². The van der Waals surface area contributed by atoms with Gasteiger partial charge in [-0.05, 0) is 120 Å². The quantitative estimate of drug-likeness (QED) is 0.183. The molecule has 0 spiro atoms. The average Bonchev–Trinajstić information content (AvgIpc) is 3.21. The van der Waals surface area contributed by atoms with E-state index >= 15 is 0 Å². The monoisotopic (exact) mass is 882 g/mol. The van der Waals surface area contributed by atoms with E-state index in [1.54, 1.807) is 20.1 Å². The van der Waals surface area contributed by atoms with Gasteiger partial charge in [-0.2, -0.15) is 9.59 Å². The molecule has 2 aromatic carbocycles. The molecule has 4 atom stereocenters. The molecule has 2 saturated carbocycles. The van der Waals surface area contributed by atoms with Crippen LogP contribution in [0.25, 0.3) is 0 Å². The molecule has 4 rings (SSSR count). The Morgan fingerprint density at radius 3 is 1.65 bits per heavy atom. The number of hydrogen-bond acceptors (Lipinski definition) is 11. The van der Waals surface area contributed by atoms with Crippen molar-refractivity contribution in [3.8, 4) is 35.2 Å². The number of hydrogen-bond donors (Lipinski definition) is 2. The van der Waals surface area contributed by atoms with Crippen LogP contribution in [-0.4, -0.2) is 81.3 Å². The molecule has 12 nitrogen and oxygen atoms in total. The van der Waals surface area contributed by atoms with Crippen LogP contribution < -0.4 is 27.6 Å². The zero-order valence-corrected chi connectivity index (χ0v) is 39.3. The lowest BCUT2D eigenvalue weighted by molar-refractivity contribution is -0.191. The fraction of sp³-hybridized carbons (Fsp3) is 0.592. The molecule has 0 saturated heterocycles. The van der Waals surface area contributed by atoms with Crippen molar-refractivity contribution in [1.82, 2.24) is 0 Å². The summed E-state index contributed by atoms with van der Waals surface area (Å²) in [6.45, 7) is 15.5. The summed E-state index contributed by atoms with van der Waals surface area (Å²) in [5.41, 5.74) is 10.7. The first-order valence-electron chi connectivity index (χ1n) is 21.1. The summed E-state index contributed by atoms with van der Waals surface area (Å²) in [5, 5.41) is 8.80. The van der Waals surface area contributed by atoms with Crippen LogP contribution in [-0.2, 0) is 51.0 Å². The molecule has 2 fully saturated rings. The van der Waals surface area contributed by atoms with Crippen LogP contribution in [0.5, 0.6) is 11.5 Å². The Labute approximate surface area is 376 Å². The number of carboxylic acid groups (broad SMARTS) is 1. The van der Waals surface area contributed by atoms with E-state index in [1.165, 1.54) is 14.2 Å². The number of Topliss-reactive ketones (excluding diaryl/α,β-unsaturated/α-hetero) is 1. The van der Waals surface area contributed by atoms with E-state index in [9.17, 15) is 14.4 Å². The smallest absolute Gasteiger partial charge is 0.373 e. The van der Waals surface area contributed by atoms with Crippen molar-refractivity contribution in [2.45, 2.75) is 150 Å². The Morgan fingerprint density at radius 2 is 1.23 bits per heavy atom. The first-order valence-corrected chi connectivity index (χ1v) is 21.1. The first-order chi connectivity index (χ1) is 29.0. The highest BCUT2D eigenvalue weighted by atomic mass is 35.5. The molecule has 4 unspecified atom stereocenters. The number of benzene rings is 2. The number of aliphatic carboxylic acids is 1. The van der Waals surface area contributed by atoms with Gasteiger partial charge in [0.05, 0.1) is 40.0 Å². The van der Waals surface area contributed by atoms with Crippen LogP contribution in [0, 0.1) is 42.9 Å². The standard InChI is InChI=1S/C24H34O3.C13H14O3.C11H21NO3.CO2.ClH/c1-6-9-19-13-18(3)22(23(14-19)26-5)15-20(25)16-24(4)11-8-10-21(17-24)27-12-7-2;1-4-5-10-6-9(2)11(8-13(14)15)12(7-10)16-3;1-3-7-15-9-5-4-6-11(12,8-9)10(13)14-2;2-1-3;/h13-14,21H,7-8,10-12,15-17H2,1-5H3;6-7H,8H2,1-3H3,(H,14,15);9H,3-8,12H2,1-2H3;;1H/p-1. The van der Waals surface area contributed by atoms with Crippen LogP contribution in [0.2, 0.25) is 0 Å². The Hall–Kier alpha value is -4.68. The highest BCUT2D eigenvalue weighted by Crippen LogP contribution is 2.41.